The summed E-state index contributed by atoms with van der Waals surface area (Å²) in [4.78, 5) is 0. The fourth-order valence-electron chi connectivity index (χ4n) is 2.34. The number of alkyl halides is 9. The molecule has 0 nitrogen and oxygen atoms in total. The molecule has 0 aliphatic carbocycles. The van der Waals surface area contributed by atoms with Crippen molar-refractivity contribution in [2.24, 2.45) is 0 Å². The summed E-state index contributed by atoms with van der Waals surface area (Å²) in [5, 5.41) is -1.61. The van der Waals surface area contributed by atoms with Gasteiger partial charge in [0.2, 0.25) is 0 Å². The van der Waals surface area contributed by atoms with Gasteiger partial charge in [-0.2, -0.15) is 39.5 Å². The second kappa shape index (κ2) is 6.18. The lowest BCUT2D eigenvalue weighted by molar-refractivity contribution is -0.174. The summed E-state index contributed by atoms with van der Waals surface area (Å²) in [7, 11) is 5.79. The van der Waals surface area contributed by atoms with Crippen molar-refractivity contribution in [2.45, 2.75) is 50.5 Å². The van der Waals surface area contributed by atoms with Crippen molar-refractivity contribution in [1.82, 2.24) is 0 Å². The molecule has 0 aromatic heterocycles. The Bertz CT molecular complexity index is 557. The summed E-state index contributed by atoms with van der Waals surface area (Å²) < 4.78 is 117. The molecule has 0 fully saturated rings. The third kappa shape index (κ3) is 4.00. The summed E-state index contributed by atoms with van der Waals surface area (Å²) >= 11 is 0. The third-order valence-electron chi connectivity index (χ3n) is 3.87. The fraction of sp³-hybridized carbons (Fsp3) is 0.571. The Hall–Kier alpha value is -1.35. The molecule has 1 rings (SSSR count). The zero-order valence-corrected chi connectivity index (χ0v) is 12.5. The lowest BCUT2D eigenvalue weighted by atomic mass is 9.60. The van der Waals surface area contributed by atoms with Gasteiger partial charge in [0.05, 0.1) is 24.5 Å². The van der Waals surface area contributed by atoms with Crippen LogP contribution in [0.5, 0.6) is 0 Å². The molecule has 0 atom stereocenters. The van der Waals surface area contributed by atoms with Gasteiger partial charge in [-0.3, -0.25) is 0 Å². The van der Waals surface area contributed by atoms with Crippen molar-refractivity contribution < 1.29 is 39.5 Å². The molecule has 1 aromatic rings. The molecule has 2 radical (unpaired) electrons. The minimum absolute atomic E-state index is 0.0521. The zero-order valence-electron chi connectivity index (χ0n) is 12.5. The first-order valence-corrected chi connectivity index (χ1v) is 6.77. The summed E-state index contributed by atoms with van der Waals surface area (Å²) in [5.74, 6) is 0. The van der Waals surface area contributed by atoms with E-state index in [-0.39, 0.29) is 25.0 Å². The summed E-state index contributed by atoms with van der Waals surface area (Å²) in [6.07, 6.45) is -17.2. The first-order valence-electron chi connectivity index (χ1n) is 6.77. The summed E-state index contributed by atoms with van der Waals surface area (Å²) in [5.41, 5.74) is -8.17. The zero-order chi connectivity index (χ0) is 19.1. The van der Waals surface area contributed by atoms with Gasteiger partial charge in [-0.1, -0.05) is 26.7 Å². The molecule has 1 aromatic carbocycles. The molecule has 134 valence electrons. The Kier molecular flexibility index (Phi) is 5.33. The first-order chi connectivity index (χ1) is 10.6. The molecule has 0 saturated carbocycles. The van der Waals surface area contributed by atoms with E-state index in [1.165, 1.54) is 13.8 Å². The monoisotopic (exact) mass is 362 g/mol. The maximum absolute atomic E-state index is 13.0. The highest BCUT2D eigenvalue weighted by Gasteiger charge is 2.50. The van der Waals surface area contributed by atoms with Crippen LogP contribution in [0.1, 0.15) is 48.9 Å². The largest absolute Gasteiger partial charge is 0.417 e. The van der Waals surface area contributed by atoms with E-state index in [1.807, 2.05) is 0 Å². The standard InChI is InChI=1S/C14H12BF9/c1-3-11(15,4-2)7-5-8(12(16,17)18)10(14(22,23)24)9(6-7)13(19,20)21/h5-6H,3-4H2,1-2H3. The van der Waals surface area contributed by atoms with Gasteiger partial charge in [0, 0.05) is 0 Å². The van der Waals surface area contributed by atoms with Crippen LogP contribution in [0, 0.1) is 0 Å². The quantitative estimate of drug-likeness (QED) is 0.462. The molecule has 0 aliphatic rings. The highest BCUT2D eigenvalue weighted by molar-refractivity contribution is 6.15. The predicted octanol–water partition coefficient (Wildman–Crippen LogP) is 5.93. The van der Waals surface area contributed by atoms with Crippen LogP contribution in [-0.4, -0.2) is 7.85 Å². The minimum Gasteiger partial charge on any atom is -0.166 e. The van der Waals surface area contributed by atoms with E-state index in [1.54, 1.807) is 0 Å². The van der Waals surface area contributed by atoms with E-state index in [4.69, 9.17) is 7.85 Å². The SMILES string of the molecule is [B]C(CC)(CC)c1cc(C(F)(F)F)c(C(F)(F)F)c(C(F)(F)F)c1. The lowest BCUT2D eigenvalue weighted by Crippen LogP contribution is -2.29. The Balaban J connectivity index is 3.98. The predicted molar refractivity (Wildman–Crippen MR) is 69.5 cm³/mol. The van der Waals surface area contributed by atoms with Crippen LogP contribution in [0.2, 0.25) is 0 Å². The second-order valence-electron chi connectivity index (χ2n) is 5.30. The van der Waals surface area contributed by atoms with Crippen molar-refractivity contribution in [2.75, 3.05) is 0 Å². The van der Waals surface area contributed by atoms with E-state index in [0.717, 1.165) is 0 Å². The molecule has 0 amide bonds. The number of halogens is 9. The van der Waals surface area contributed by atoms with Gasteiger partial charge in [0.1, 0.15) is 0 Å². The van der Waals surface area contributed by atoms with E-state index in [2.05, 4.69) is 0 Å². The lowest BCUT2D eigenvalue weighted by Gasteiger charge is -2.31. The Morgan fingerprint density at radius 2 is 1.04 bits per heavy atom. The number of benzene rings is 1. The Morgan fingerprint density at radius 1 is 0.708 bits per heavy atom. The van der Waals surface area contributed by atoms with Gasteiger partial charge in [0.15, 0.2) is 0 Å². The van der Waals surface area contributed by atoms with Crippen molar-refractivity contribution in [1.29, 1.82) is 0 Å². The highest BCUT2D eigenvalue weighted by atomic mass is 19.4. The van der Waals surface area contributed by atoms with Gasteiger partial charge in [-0.05, 0) is 23.0 Å². The van der Waals surface area contributed by atoms with E-state index in [9.17, 15) is 39.5 Å². The second-order valence-corrected chi connectivity index (χ2v) is 5.30. The van der Waals surface area contributed by atoms with Crippen molar-refractivity contribution >= 4 is 7.85 Å². The van der Waals surface area contributed by atoms with Crippen LogP contribution >= 0.6 is 0 Å². The van der Waals surface area contributed by atoms with Gasteiger partial charge >= 0.3 is 18.5 Å². The Morgan fingerprint density at radius 3 is 1.25 bits per heavy atom. The molecular weight excluding hydrogens is 350 g/mol. The highest BCUT2D eigenvalue weighted by Crippen LogP contribution is 2.48. The van der Waals surface area contributed by atoms with Crippen molar-refractivity contribution in [3.8, 4) is 0 Å². The third-order valence-corrected chi connectivity index (χ3v) is 3.87. The molecule has 0 spiro atoms. The van der Waals surface area contributed by atoms with Gasteiger partial charge < -0.3 is 0 Å². The molecule has 0 saturated heterocycles. The van der Waals surface area contributed by atoms with E-state index >= 15 is 0 Å². The first kappa shape index (κ1) is 20.7. The molecule has 24 heavy (non-hydrogen) atoms. The molecule has 0 unspecified atom stereocenters. The maximum Gasteiger partial charge on any atom is 0.417 e. The van der Waals surface area contributed by atoms with Gasteiger partial charge in [-0.15, -0.1) is 0 Å². The molecular formula is C14H12BF9. The van der Waals surface area contributed by atoms with E-state index < -0.39 is 46.1 Å². The summed E-state index contributed by atoms with van der Waals surface area (Å²) in [6.45, 7) is 2.84. The molecule has 0 heterocycles. The Labute approximate surface area is 133 Å². The number of hydrogen-bond acceptors (Lipinski definition) is 0. The molecule has 10 heteroatoms. The van der Waals surface area contributed by atoms with Crippen LogP contribution < -0.4 is 0 Å². The normalized spacial score (nSPS) is 14.1. The van der Waals surface area contributed by atoms with E-state index in [0.29, 0.717) is 0 Å². The molecule has 0 bridgehead atoms. The van der Waals surface area contributed by atoms with Crippen molar-refractivity contribution in [3.05, 3.63) is 34.4 Å². The van der Waals surface area contributed by atoms with Gasteiger partial charge in [0.25, 0.3) is 0 Å². The van der Waals surface area contributed by atoms with Crippen LogP contribution in [-0.2, 0) is 23.8 Å². The van der Waals surface area contributed by atoms with Crippen LogP contribution in [0.4, 0.5) is 39.5 Å². The number of rotatable bonds is 3. The van der Waals surface area contributed by atoms with Crippen LogP contribution in [0.25, 0.3) is 0 Å². The maximum atomic E-state index is 13.0. The minimum atomic E-state index is -5.83. The molecule has 0 aliphatic heterocycles. The smallest absolute Gasteiger partial charge is 0.166 e. The van der Waals surface area contributed by atoms with Crippen molar-refractivity contribution in [3.63, 3.8) is 0 Å². The van der Waals surface area contributed by atoms with Crippen LogP contribution in [0.15, 0.2) is 12.1 Å². The molecule has 0 N–H and O–H groups in total. The topological polar surface area (TPSA) is 0 Å². The van der Waals surface area contributed by atoms with Gasteiger partial charge in [-0.25, -0.2) is 0 Å². The average Bonchev–Trinajstić information content (AvgIpc) is 2.42. The van der Waals surface area contributed by atoms with Crippen LogP contribution in [0.3, 0.4) is 0 Å². The fourth-order valence-corrected chi connectivity index (χ4v) is 2.34. The average molecular weight is 362 g/mol. The number of hydrogen-bond donors (Lipinski definition) is 0. The summed E-state index contributed by atoms with van der Waals surface area (Å²) in [6, 6.07) is 0.121.